The van der Waals surface area contributed by atoms with Crippen molar-refractivity contribution >= 4 is 0 Å². The fourth-order valence-corrected chi connectivity index (χ4v) is 2.92. The van der Waals surface area contributed by atoms with Crippen LogP contribution in [0.4, 0.5) is 0 Å². The molecule has 1 nitrogen and oxygen atoms in total. The third-order valence-corrected chi connectivity index (χ3v) is 3.66. The Labute approximate surface area is 106 Å². The molecule has 0 aliphatic heterocycles. The maximum atomic E-state index is 5.63. The van der Waals surface area contributed by atoms with Crippen molar-refractivity contribution in [1.29, 1.82) is 0 Å². The van der Waals surface area contributed by atoms with E-state index in [0.29, 0.717) is 0 Å². The third-order valence-electron chi connectivity index (χ3n) is 3.66. The number of hydrogen-bond donors (Lipinski definition) is 0. The van der Waals surface area contributed by atoms with Crippen LogP contribution < -0.4 is 0 Å². The minimum absolute atomic E-state index is 0.243. The van der Waals surface area contributed by atoms with Gasteiger partial charge in [-0.3, -0.25) is 0 Å². The average molecular weight is 232 g/mol. The monoisotopic (exact) mass is 232 g/mol. The van der Waals surface area contributed by atoms with Crippen LogP contribution in [0.15, 0.2) is 71.3 Å². The van der Waals surface area contributed by atoms with E-state index in [1.54, 1.807) is 6.26 Å². The van der Waals surface area contributed by atoms with Crippen LogP contribution in [0.25, 0.3) is 11.1 Å². The normalized spacial score (nSPS) is 13.3. The molecule has 0 amide bonds. The SMILES string of the molecule is c1coc(C2c3ccccc3-c3ccccc32)c1. The zero-order valence-electron chi connectivity index (χ0n) is 9.84. The van der Waals surface area contributed by atoms with Crippen LogP contribution in [0.5, 0.6) is 0 Å². The molecule has 3 aromatic rings. The predicted octanol–water partition coefficient (Wildman–Crippen LogP) is 4.44. The van der Waals surface area contributed by atoms with Gasteiger partial charge in [-0.1, -0.05) is 48.5 Å². The first-order valence-corrected chi connectivity index (χ1v) is 6.17. The van der Waals surface area contributed by atoms with Gasteiger partial charge in [-0.05, 0) is 34.4 Å². The molecule has 0 saturated heterocycles. The summed E-state index contributed by atoms with van der Waals surface area (Å²) in [5.41, 5.74) is 5.34. The average Bonchev–Trinajstić information content (AvgIpc) is 3.03. The molecule has 0 atom stereocenters. The second-order valence-corrected chi connectivity index (χ2v) is 4.62. The summed E-state index contributed by atoms with van der Waals surface area (Å²) < 4.78 is 5.63. The van der Waals surface area contributed by atoms with Crippen molar-refractivity contribution in [2.45, 2.75) is 5.92 Å². The quantitative estimate of drug-likeness (QED) is 0.473. The van der Waals surface area contributed by atoms with Gasteiger partial charge in [-0.15, -0.1) is 0 Å². The van der Waals surface area contributed by atoms with E-state index >= 15 is 0 Å². The minimum atomic E-state index is 0.243. The first kappa shape index (κ1) is 9.72. The molecule has 4 rings (SSSR count). The molecule has 0 radical (unpaired) electrons. The summed E-state index contributed by atoms with van der Waals surface area (Å²) in [5.74, 6) is 1.26. The molecular formula is C17H12O. The van der Waals surface area contributed by atoms with Gasteiger partial charge in [-0.25, -0.2) is 0 Å². The molecule has 0 unspecified atom stereocenters. The fourth-order valence-electron chi connectivity index (χ4n) is 2.92. The van der Waals surface area contributed by atoms with Crippen LogP contribution in [0.2, 0.25) is 0 Å². The summed E-state index contributed by atoms with van der Waals surface area (Å²) in [6.45, 7) is 0. The van der Waals surface area contributed by atoms with Gasteiger partial charge in [0, 0.05) is 0 Å². The summed E-state index contributed by atoms with van der Waals surface area (Å²) >= 11 is 0. The Morgan fingerprint density at radius 2 is 1.28 bits per heavy atom. The Bertz CT molecular complexity index is 650. The van der Waals surface area contributed by atoms with E-state index in [-0.39, 0.29) is 5.92 Å². The van der Waals surface area contributed by atoms with Crippen molar-refractivity contribution in [1.82, 2.24) is 0 Å². The number of benzene rings is 2. The van der Waals surface area contributed by atoms with Crippen LogP contribution in [-0.4, -0.2) is 0 Å². The van der Waals surface area contributed by atoms with Crippen molar-refractivity contribution < 1.29 is 4.42 Å². The lowest BCUT2D eigenvalue weighted by Crippen LogP contribution is -1.96. The molecule has 1 heteroatoms. The summed E-state index contributed by atoms with van der Waals surface area (Å²) in [6, 6.07) is 21.2. The predicted molar refractivity (Wildman–Crippen MR) is 71.5 cm³/mol. The third kappa shape index (κ3) is 1.22. The summed E-state index contributed by atoms with van der Waals surface area (Å²) in [4.78, 5) is 0. The van der Waals surface area contributed by atoms with Crippen LogP contribution >= 0.6 is 0 Å². The molecule has 2 aromatic carbocycles. The number of fused-ring (bicyclic) bond motifs is 3. The smallest absolute Gasteiger partial charge is 0.115 e. The molecule has 1 heterocycles. The molecule has 18 heavy (non-hydrogen) atoms. The first-order chi connectivity index (χ1) is 8.95. The molecular weight excluding hydrogens is 220 g/mol. The van der Waals surface area contributed by atoms with Crippen molar-refractivity contribution in [2.75, 3.05) is 0 Å². The highest BCUT2D eigenvalue weighted by atomic mass is 16.3. The van der Waals surface area contributed by atoms with Gasteiger partial charge < -0.3 is 4.42 Å². The zero-order valence-corrected chi connectivity index (χ0v) is 9.84. The lowest BCUT2D eigenvalue weighted by molar-refractivity contribution is 0.505. The molecule has 0 saturated carbocycles. The topological polar surface area (TPSA) is 13.1 Å². The van der Waals surface area contributed by atoms with Crippen molar-refractivity contribution in [2.24, 2.45) is 0 Å². The molecule has 1 aromatic heterocycles. The van der Waals surface area contributed by atoms with E-state index in [9.17, 15) is 0 Å². The molecule has 1 aliphatic rings. The Kier molecular flexibility index (Phi) is 1.95. The van der Waals surface area contributed by atoms with E-state index < -0.39 is 0 Å². The standard InChI is InChI=1S/C17H12O/c1-3-8-14-12(6-1)13-7-2-4-9-15(13)17(14)16-10-5-11-18-16/h1-11,17H. The van der Waals surface area contributed by atoms with E-state index in [4.69, 9.17) is 4.42 Å². The summed E-state index contributed by atoms with van der Waals surface area (Å²) in [6.07, 6.45) is 1.75. The Balaban J connectivity index is 2.04. The molecule has 1 aliphatic carbocycles. The molecule has 0 fully saturated rings. The van der Waals surface area contributed by atoms with Crippen LogP contribution in [-0.2, 0) is 0 Å². The Morgan fingerprint density at radius 3 is 1.83 bits per heavy atom. The Hall–Kier alpha value is -2.28. The van der Waals surface area contributed by atoms with Crippen molar-refractivity contribution in [3.8, 4) is 11.1 Å². The second kappa shape index (κ2) is 3.61. The lowest BCUT2D eigenvalue weighted by Gasteiger charge is -2.10. The van der Waals surface area contributed by atoms with Gasteiger partial charge in [0.2, 0.25) is 0 Å². The van der Waals surface area contributed by atoms with Gasteiger partial charge >= 0.3 is 0 Å². The molecule has 0 spiro atoms. The zero-order chi connectivity index (χ0) is 11.9. The second-order valence-electron chi connectivity index (χ2n) is 4.62. The van der Waals surface area contributed by atoms with E-state index in [1.165, 1.54) is 22.3 Å². The van der Waals surface area contributed by atoms with Crippen molar-refractivity contribution in [3.63, 3.8) is 0 Å². The molecule has 0 N–H and O–H groups in total. The molecule has 0 bridgehead atoms. The van der Waals surface area contributed by atoms with Gasteiger partial charge in [0.25, 0.3) is 0 Å². The van der Waals surface area contributed by atoms with Gasteiger partial charge in [0.15, 0.2) is 0 Å². The lowest BCUT2D eigenvalue weighted by atomic mass is 9.94. The summed E-state index contributed by atoms with van der Waals surface area (Å²) in [5, 5.41) is 0. The maximum Gasteiger partial charge on any atom is 0.115 e. The van der Waals surface area contributed by atoms with Crippen LogP contribution in [0.3, 0.4) is 0 Å². The van der Waals surface area contributed by atoms with Crippen LogP contribution in [0, 0.1) is 0 Å². The number of rotatable bonds is 1. The summed E-state index contributed by atoms with van der Waals surface area (Å²) in [7, 11) is 0. The number of hydrogen-bond acceptors (Lipinski definition) is 1. The highest BCUT2D eigenvalue weighted by Gasteiger charge is 2.30. The van der Waals surface area contributed by atoms with Gasteiger partial charge in [-0.2, -0.15) is 0 Å². The Morgan fingerprint density at radius 1 is 0.667 bits per heavy atom. The highest BCUT2D eigenvalue weighted by molar-refractivity contribution is 5.80. The fraction of sp³-hybridized carbons (Fsp3) is 0.0588. The van der Waals surface area contributed by atoms with E-state index in [0.717, 1.165) is 5.76 Å². The van der Waals surface area contributed by atoms with Crippen LogP contribution in [0.1, 0.15) is 22.8 Å². The minimum Gasteiger partial charge on any atom is -0.468 e. The first-order valence-electron chi connectivity index (χ1n) is 6.17. The molecule has 86 valence electrons. The maximum absolute atomic E-state index is 5.63. The number of furan rings is 1. The van der Waals surface area contributed by atoms with Crippen molar-refractivity contribution in [3.05, 3.63) is 83.8 Å². The van der Waals surface area contributed by atoms with Gasteiger partial charge in [0.1, 0.15) is 5.76 Å². The largest absolute Gasteiger partial charge is 0.468 e. The van der Waals surface area contributed by atoms with Gasteiger partial charge in [0.05, 0.1) is 12.2 Å². The van der Waals surface area contributed by atoms with E-state index in [1.807, 2.05) is 6.07 Å². The van der Waals surface area contributed by atoms with E-state index in [2.05, 4.69) is 54.6 Å². The highest BCUT2D eigenvalue weighted by Crippen LogP contribution is 2.47.